The number of hydrogen-bond acceptors (Lipinski definition) is 5. The largest absolute Gasteiger partial charge is 0.342 e. The van der Waals surface area contributed by atoms with Crippen molar-refractivity contribution in [2.45, 2.75) is 12.7 Å². The first-order valence-electron chi connectivity index (χ1n) is 5.48. The topological polar surface area (TPSA) is 79.6 Å². The average Bonchev–Trinajstić information content (AvgIpc) is 2.89. The van der Waals surface area contributed by atoms with Crippen LogP contribution in [0.3, 0.4) is 0 Å². The fourth-order valence-corrected chi connectivity index (χ4v) is 1.97. The van der Waals surface area contributed by atoms with Crippen molar-refractivity contribution in [3.63, 3.8) is 0 Å². The number of ketones is 1. The highest BCUT2D eigenvalue weighted by Gasteiger charge is 2.32. The van der Waals surface area contributed by atoms with E-state index in [2.05, 4.69) is 15.3 Å². The fourth-order valence-electron chi connectivity index (χ4n) is 1.97. The van der Waals surface area contributed by atoms with Gasteiger partial charge in [0.1, 0.15) is 5.70 Å². The minimum absolute atomic E-state index is 0.104. The Balaban J connectivity index is 1.95. The molecule has 1 atom stereocenters. The third-order valence-corrected chi connectivity index (χ3v) is 3.00. The van der Waals surface area contributed by atoms with Gasteiger partial charge < -0.3 is 10.2 Å². The summed E-state index contributed by atoms with van der Waals surface area (Å²) in [5.74, 6) is -0.419. The minimum Gasteiger partial charge on any atom is -0.342 e. The van der Waals surface area contributed by atoms with Gasteiger partial charge >= 0.3 is 0 Å². The van der Waals surface area contributed by atoms with Crippen molar-refractivity contribution in [2.75, 3.05) is 7.05 Å². The third-order valence-electron chi connectivity index (χ3n) is 3.00. The molecule has 1 N–H and O–H groups in total. The Labute approximate surface area is 103 Å². The highest BCUT2D eigenvalue weighted by Crippen LogP contribution is 2.22. The van der Waals surface area contributed by atoms with Crippen LogP contribution in [0.2, 0.25) is 0 Å². The first-order chi connectivity index (χ1) is 8.66. The molecule has 3 rings (SSSR count). The summed E-state index contributed by atoms with van der Waals surface area (Å²) in [6.45, 7) is 0. The van der Waals surface area contributed by atoms with Crippen LogP contribution in [0.25, 0.3) is 0 Å². The number of aliphatic imine (C=N–C) groups is 1. The van der Waals surface area contributed by atoms with Gasteiger partial charge in [-0.25, -0.2) is 9.98 Å². The Kier molecular flexibility index (Phi) is 2.26. The van der Waals surface area contributed by atoms with Crippen LogP contribution < -0.4 is 5.32 Å². The Hall–Kier alpha value is -2.44. The molecule has 1 unspecified atom stereocenters. The summed E-state index contributed by atoms with van der Waals surface area (Å²) in [6.07, 6.45) is 6.06. The lowest BCUT2D eigenvalue weighted by Gasteiger charge is -2.31. The highest BCUT2D eigenvalue weighted by molar-refractivity contribution is 6.14. The Bertz CT molecular complexity index is 572. The van der Waals surface area contributed by atoms with E-state index in [4.69, 9.17) is 0 Å². The molecule has 0 bridgehead atoms. The normalized spacial score (nSPS) is 23.2. The molecule has 0 fully saturated rings. The lowest BCUT2D eigenvalue weighted by molar-refractivity contribution is -0.133. The second-order valence-corrected chi connectivity index (χ2v) is 4.12. The summed E-state index contributed by atoms with van der Waals surface area (Å²) in [7, 11) is 1.63. The van der Waals surface area contributed by atoms with Gasteiger partial charge in [-0.1, -0.05) is 0 Å². The molecule has 1 aromatic heterocycles. The van der Waals surface area contributed by atoms with Crippen molar-refractivity contribution >= 4 is 17.9 Å². The summed E-state index contributed by atoms with van der Waals surface area (Å²) in [5, 5.41) is 3.02. The van der Waals surface area contributed by atoms with Gasteiger partial charge in [-0.05, 0) is 0 Å². The van der Waals surface area contributed by atoms with E-state index < -0.39 is 6.29 Å². The first kappa shape index (κ1) is 10.7. The lowest BCUT2D eigenvalue weighted by atomic mass is 10.1. The first-order valence-corrected chi connectivity index (χ1v) is 5.48. The average molecular weight is 245 g/mol. The molecule has 92 valence electrons. The molecule has 2 aliphatic rings. The van der Waals surface area contributed by atoms with Gasteiger partial charge in [-0.3, -0.25) is 14.2 Å². The molecule has 3 heterocycles. The molecular weight excluding hydrogens is 234 g/mol. The van der Waals surface area contributed by atoms with Crippen molar-refractivity contribution in [1.82, 2.24) is 19.8 Å². The fraction of sp³-hybridized carbons (Fsp3) is 0.273. The van der Waals surface area contributed by atoms with E-state index in [1.165, 1.54) is 4.90 Å². The Morgan fingerprint density at radius 3 is 3.00 bits per heavy atom. The van der Waals surface area contributed by atoms with Crippen molar-refractivity contribution in [3.8, 4) is 0 Å². The number of carbonyl (C=O) groups excluding carboxylic acids is 2. The predicted octanol–water partition coefficient (Wildman–Crippen LogP) is -0.344. The second-order valence-electron chi connectivity index (χ2n) is 4.12. The number of hydrogen-bond donors (Lipinski definition) is 1. The third kappa shape index (κ3) is 1.52. The molecule has 1 aromatic rings. The number of allylic oxidation sites excluding steroid dienone is 2. The van der Waals surface area contributed by atoms with Crippen LogP contribution in [0.4, 0.5) is 0 Å². The van der Waals surface area contributed by atoms with Crippen LogP contribution in [-0.2, 0) is 9.59 Å². The Morgan fingerprint density at radius 1 is 1.44 bits per heavy atom. The van der Waals surface area contributed by atoms with E-state index >= 15 is 0 Å². The van der Waals surface area contributed by atoms with E-state index in [9.17, 15) is 9.59 Å². The van der Waals surface area contributed by atoms with Crippen LogP contribution in [-0.4, -0.2) is 39.4 Å². The summed E-state index contributed by atoms with van der Waals surface area (Å²) in [4.78, 5) is 33.0. The van der Waals surface area contributed by atoms with E-state index in [0.29, 0.717) is 11.4 Å². The minimum atomic E-state index is -0.392. The summed E-state index contributed by atoms with van der Waals surface area (Å²) in [5.41, 5.74) is 0.957. The summed E-state index contributed by atoms with van der Waals surface area (Å²) < 4.78 is 1.74. The molecule has 2 aliphatic heterocycles. The molecule has 0 saturated carbocycles. The van der Waals surface area contributed by atoms with Crippen LogP contribution in [0.1, 0.15) is 12.7 Å². The number of aromatic nitrogens is 2. The maximum atomic E-state index is 11.8. The van der Waals surface area contributed by atoms with Gasteiger partial charge in [0.25, 0.3) is 0 Å². The number of nitrogens with zero attached hydrogens (tertiary/aromatic N) is 4. The van der Waals surface area contributed by atoms with Gasteiger partial charge in [0.05, 0.1) is 24.7 Å². The number of Topliss-reactive ketones (excluding diaryl/α,β-unsaturated/α-hetero) is 1. The summed E-state index contributed by atoms with van der Waals surface area (Å²) >= 11 is 0. The molecule has 0 spiro atoms. The number of imidazole rings is 1. The maximum absolute atomic E-state index is 11.8. The van der Waals surface area contributed by atoms with Gasteiger partial charge in [0.15, 0.2) is 5.78 Å². The van der Waals surface area contributed by atoms with Crippen molar-refractivity contribution in [1.29, 1.82) is 0 Å². The monoisotopic (exact) mass is 245 g/mol. The quantitative estimate of drug-likeness (QED) is 0.686. The number of rotatable bonds is 1. The molecular formula is C11H11N5O2. The zero-order chi connectivity index (χ0) is 12.7. The SMILES string of the molecule is CN1C(=O)CC(=O)C2=C1C=NC(n1ccnc1)N2. The number of nitrogens with one attached hydrogen (secondary N) is 1. The van der Waals surface area contributed by atoms with Gasteiger partial charge in [0.2, 0.25) is 12.2 Å². The van der Waals surface area contributed by atoms with Gasteiger partial charge in [-0.15, -0.1) is 0 Å². The number of carbonyl (C=O) groups is 2. The molecule has 7 nitrogen and oxygen atoms in total. The molecule has 0 aromatic carbocycles. The maximum Gasteiger partial charge on any atom is 0.234 e. The standard InChI is InChI=1S/C11H11N5O2/c1-15-7-5-13-11(16-3-2-12-6-16)14-10(7)8(17)4-9(15)18/h2-3,5-6,11,14H,4H2,1H3. The van der Waals surface area contributed by atoms with Crippen LogP contribution in [0, 0.1) is 0 Å². The van der Waals surface area contributed by atoms with Crippen molar-refractivity contribution < 1.29 is 9.59 Å². The van der Waals surface area contributed by atoms with Crippen LogP contribution in [0.5, 0.6) is 0 Å². The summed E-state index contributed by atoms with van der Waals surface area (Å²) in [6, 6.07) is 0. The lowest BCUT2D eigenvalue weighted by Crippen LogP contribution is -2.43. The van der Waals surface area contributed by atoms with Gasteiger partial charge in [0, 0.05) is 19.4 Å². The second kappa shape index (κ2) is 3.80. The Morgan fingerprint density at radius 2 is 2.28 bits per heavy atom. The zero-order valence-corrected chi connectivity index (χ0v) is 9.70. The molecule has 0 radical (unpaired) electrons. The molecule has 7 heteroatoms. The zero-order valence-electron chi connectivity index (χ0n) is 9.70. The molecule has 1 amide bonds. The van der Waals surface area contributed by atoms with Crippen molar-refractivity contribution in [3.05, 3.63) is 30.1 Å². The van der Waals surface area contributed by atoms with E-state index in [-0.39, 0.29) is 18.1 Å². The van der Waals surface area contributed by atoms with Gasteiger partial charge in [-0.2, -0.15) is 0 Å². The smallest absolute Gasteiger partial charge is 0.234 e. The van der Waals surface area contributed by atoms with E-state index in [0.717, 1.165) is 0 Å². The van der Waals surface area contributed by atoms with Crippen LogP contribution >= 0.6 is 0 Å². The predicted molar refractivity (Wildman–Crippen MR) is 62.3 cm³/mol. The molecule has 18 heavy (non-hydrogen) atoms. The van der Waals surface area contributed by atoms with E-state index in [1.54, 1.807) is 36.6 Å². The highest BCUT2D eigenvalue weighted by atomic mass is 16.2. The molecule has 0 saturated heterocycles. The van der Waals surface area contributed by atoms with Crippen molar-refractivity contribution in [2.24, 2.45) is 4.99 Å². The number of amides is 1. The molecule has 0 aliphatic carbocycles. The van der Waals surface area contributed by atoms with E-state index in [1.807, 2.05) is 0 Å². The van der Waals surface area contributed by atoms with Crippen LogP contribution in [0.15, 0.2) is 35.1 Å².